The molecule has 8 heteroatoms. The first-order chi connectivity index (χ1) is 8.27. The molecule has 0 aromatic heterocycles. The minimum Gasteiger partial charge on any atom is -0.480 e. The van der Waals surface area contributed by atoms with Crippen LogP contribution in [0.3, 0.4) is 0 Å². The van der Waals surface area contributed by atoms with Crippen LogP contribution in [0, 0.1) is 0 Å². The number of anilines is 1. The van der Waals surface area contributed by atoms with Crippen molar-refractivity contribution in [3.8, 4) is 0 Å². The molecule has 0 fully saturated rings. The van der Waals surface area contributed by atoms with Crippen LogP contribution < -0.4 is 10.6 Å². The van der Waals surface area contributed by atoms with Crippen molar-refractivity contribution in [2.75, 3.05) is 5.32 Å². The van der Waals surface area contributed by atoms with E-state index >= 15 is 0 Å². The molecular formula is C10H13ClNO5P. The zero-order chi connectivity index (χ0) is 13.9. The number of carboxylic acids is 1. The van der Waals surface area contributed by atoms with Crippen LogP contribution in [-0.4, -0.2) is 26.9 Å². The molecule has 0 spiro atoms. The molecular weight excluding hydrogens is 281 g/mol. The molecule has 1 atom stereocenters. The number of alkyl halides is 1. The summed E-state index contributed by atoms with van der Waals surface area (Å²) in [7, 11) is -4.44. The lowest BCUT2D eigenvalue weighted by molar-refractivity contribution is -0.137. The molecule has 0 aliphatic carbocycles. The SMILES string of the molecule is CC(Nc1cccc(P(=O)(O)O)c1CCl)C(=O)O. The van der Waals surface area contributed by atoms with Crippen LogP contribution in [0.25, 0.3) is 0 Å². The van der Waals surface area contributed by atoms with E-state index < -0.39 is 19.6 Å². The van der Waals surface area contributed by atoms with E-state index in [-0.39, 0.29) is 16.7 Å². The van der Waals surface area contributed by atoms with Gasteiger partial charge in [0.15, 0.2) is 0 Å². The first-order valence-electron chi connectivity index (χ1n) is 5.00. The van der Waals surface area contributed by atoms with Crippen molar-refractivity contribution in [3.63, 3.8) is 0 Å². The maximum Gasteiger partial charge on any atom is 0.356 e. The molecule has 0 saturated carbocycles. The van der Waals surface area contributed by atoms with Crippen LogP contribution in [0.15, 0.2) is 18.2 Å². The fourth-order valence-corrected chi connectivity index (χ4v) is 2.63. The molecule has 100 valence electrons. The topological polar surface area (TPSA) is 107 Å². The number of rotatable bonds is 5. The van der Waals surface area contributed by atoms with E-state index in [0.717, 1.165) is 0 Å². The summed E-state index contributed by atoms with van der Waals surface area (Å²) >= 11 is 5.68. The highest BCUT2D eigenvalue weighted by Crippen LogP contribution is 2.37. The number of hydrogen-bond acceptors (Lipinski definition) is 3. The van der Waals surface area contributed by atoms with Gasteiger partial charge in [-0.15, -0.1) is 11.6 Å². The summed E-state index contributed by atoms with van der Waals surface area (Å²) in [6, 6.07) is 3.34. The molecule has 18 heavy (non-hydrogen) atoms. The highest BCUT2D eigenvalue weighted by Gasteiger charge is 2.23. The molecule has 6 nitrogen and oxygen atoms in total. The van der Waals surface area contributed by atoms with Gasteiger partial charge in [0.05, 0.1) is 11.2 Å². The van der Waals surface area contributed by atoms with E-state index in [4.69, 9.17) is 16.7 Å². The Kier molecular flexibility index (Phi) is 4.76. The summed E-state index contributed by atoms with van der Waals surface area (Å²) in [5.74, 6) is -1.20. The standard InChI is InChI=1S/C10H13ClNO5P/c1-6(10(13)14)12-8-3-2-4-9(7(8)5-11)18(15,16)17/h2-4,6,12H,5H2,1H3,(H,13,14)(H2,15,16,17). The van der Waals surface area contributed by atoms with Gasteiger partial charge in [-0.3, -0.25) is 9.36 Å². The second-order valence-corrected chi connectivity index (χ2v) is 5.52. The zero-order valence-corrected chi connectivity index (χ0v) is 11.2. The van der Waals surface area contributed by atoms with Crippen LogP contribution in [0.1, 0.15) is 12.5 Å². The molecule has 0 bridgehead atoms. The summed E-state index contributed by atoms with van der Waals surface area (Å²) in [6.07, 6.45) is 0. The molecule has 0 amide bonds. The Bertz CT molecular complexity index is 501. The van der Waals surface area contributed by atoms with E-state index in [1.807, 2.05) is 0 Å². The summed E-state index contributed by atoms with van der Waals surface area (Å²) < 4.78 is 11.3. The number of carboxylic acid groups (broad SMARTS) is 1. The van der Waals surface area contributed by atoms with Gasteiger partial charge in [-0.05, 0) is 19.1 Å². The monoisotopic (exact) mass is 293 g/mol. The van der Waals surface area contributed by atoms with Crippen LogP contribution in [0.4, 0.5) is 5.69 Å². The van der Waals surface area contributed by atoms with Crippen LogP contribution in [-0.2, 0) is 15.2 Å². The van der Waals surface area contributed by atoms with Gasteiger partial charge in [-0.1, -0.05) is 6.07 Å². The maximum atomic E-state index is 11.3. The van der Waals surface area contributed by atoms with E-state index in [1.165, 1.54) is 25.1 Å². The zero-order valence-electron chi connectivity index (χ0n) is 9.50. The van der Waals surface area contributed by atoms with Gasteiger partial charge in [-0.25, -0.2) is 0 Å². The number of hydrogen-bond donors (Lipinski definition) is 4. The predicted octanol–water partition coefficient (Wildman–Crippen LogP) is 1.11. The first-order valence-corrected chi connectivity index (χ1v) is 7.15. The third-order valence-corrected chi connectivity index (χ3v) is 3.66. The van der Waals surface area contributed by atoms with Gasteiger partial charge in [0.25, 0.3) is 0 Å². The molecule has 0 radical (unpaired) electrons. The molecule has 1 rings (SSSR count). The van der Waals surface area contributed by atoms with Crippen molar-refractivity contribution in [2.45, 2.75) is 18.8 Å². The molecule has 4 N–H and O–H groups in total. The molecule has 0 heterocycles. The number of nitrogens with one attached hydrogen (secondary N) is 1. The smallest absolute Gasteiger partial charge is 0.356 e. The summed E-state index contributed by atoms with van der Waals surface area (Å²) in [5, 5.41) is 11.2. The largest absolute Gasteiger partial charge is 0.480 e. The quantitative estimate of drug-likeness (QED) is 0.479. The fourth-order valence-electron chi connectivity index (χ4n) is 1.42. The van der Waals surface area contributed by atoms with Crippen LogP contribution >= 0.6 is 19.2 Å². The lowest BCUT2D eigenvalue weighted by Crippen LogP contribution is -2.27. The van der Waals surface area contributed by atoms with E-state index in [2.05, 4.69) is 5.32 Å². The second kappa shape index (κ2) is 5.71. The Morgan fingerprint density at radius 1 is 1.50 bits per heavy atom. The fraction of sp³-hybridized carbons (Fsp3) is 0.300. The molecule has 1 aromatic rings. The molecule has 0 saturated heterocycles. The maximum absolute atomic E-state index is 11.3. The van der Waals surface area contributed by atoms with Gasteiger partial charge in [0.1, 0.15) is 6.04 Å². The Morgan fingerprint density at radius 2 is 2.11 bits per heavy atom. The van der Waals surface area contributed by atoms with Gasteiger partial charge >= 0.3 is 13.6 Å². The van der Waals surface area contributed by atoms with Crippen molar-refractivity contribution in [2.24, 2.45) is 0 Å². The van der Waals surface area contributed by atoms with Gasteiger partial charge in [0.2, 0.25) is 0 Å². The van der Waals surface area contributed by atoms with Crippen molar-refractivity contribution in [3.05, 3.63) is 23.8 Å². The van der Waals surface area contributed by atoms with E-state index in [0.29, 0.717) is 5.69 Å². The number of benzene rings is 1. The minimum absolute atomic E-state index is 0.129. The average Bonchev–Trinajstić information content (AvgIpc) is 2.27. The van der Waals surface area contributed by atoms with Gasteiger partial charge in [0, 0.05) is 11.3 Å². The Balaban J connectivity index is 3.21. The molecule has 1 unspecified atom stereocenters. The van der Waals surface area contributed by atoms with Gasteiger partial charge < -0.3 is 20.2 Å². The highest BCUT2D eigenvalue weighted by molar-refractivity contribution is 7.60. The van der Waals surface area contributed by atoms with Crippen molar-refractivity contribution in [1.29, 1.82) is 0 Å². The normalized spacial score (nSPS) is 13.1. The molecule has 0 aliphatic rings. The Morgan fingerprint density at radius 3 is 2.56 bits per heavy atom. The van der Waals surface area contributed by atoms with Crippen molar-refractivity contribution in [1.82, 2.24) is 0 Å². The minimum atomic E-state index is -4.44. The summed E-state index contributed by atoms with van der Waals surface area (Å²) in [6.45, 7) is 1.42. The van der Waals surface area contributed by atoms with Crippen LogP contribution in [0.2, 0.25) is 0 Å². The Hall–Kier alpha value is -1.07. The van der Waals surface area contributed by atoms with E-state index in [1.54, 1.807) is 0 Å². The average molecular weight is 294 g/mol. The number of aliphatic carboxylic acids is 1. The lowest BCUT2D eigenvalue weighted by atomic mass is 10.2. The Labute approximate surface area is 109 Å². The predicted molar refractivity (Wildman–Crippen MR) is 68.4 cm³/mol. The lowest BCUT2D eigenvalue weighted by Gasteiger charge is -2.17. The second-order valence-electron chi connectivity index (χ2n) is 3.69. The van der Waals surface area contributed by atoms with Crippen molar-refractivity contribution >= 4 is 36.2 Å². The number of carbonyl (C=O) groups is 1. The first kappa shape index (κ1) is 15.0. The highest BCUT2D eigenvalue weighted by atomic mass is 35.5. The van der Waals surface area contributed by atoms with Crippen molar-refractivity contribution < 1.29 is 24.3 Å². The van der Waals surface area contributed by atoms with E-state index in [9.17, 15) is 19.1 Å². The summed E-state index contributed by atoms with van der Waals surface area (Å²) in [5.41, 5.74) is 0.515. The van der Waals surface area contributed by atoms with Crippen LogP contribution in [0.5, 0.6) is 0 Å². The molecule has 0 aliphatic heterocycles. The van der Waals surface area contributed by atoms with Gasteiger partial charge in [-0.2, -0.15) is 0 Å². The number of halogens is 1. The molecule has 1 aromatic carbocycles. The summed E-state index contributed by atoms with van der Waals surface area (Å²) in [4.78, 5) is 29.1. The third-order valence-electron chi connectivity index (χ3n) is 2.34. The third kappa shape index (κ3) is 3.46.